The molecule has 1 saturated heterocycles. The third-order valence-corrected chi connectivity index (χ3v) is 12.3. The van der Waals surface area contributed by atoms with E-state index in [1.54, 1.807) is 49.1 Å². The molecule has 28 heteroatoms. The van der Waals surface area contributed by atoms with Gasteiger partial charge in [-0.3, -0.25) is 30.3 Å². The van der Waals surface area contributed by atoms with Crippen LogP contribution in [0.1, 0.15) is 90.0 Å². The summed E-state index contributed by atoms with van der Waals surface area (Å²) >= 11 is 6.21. The fourth-order valence-corrected chi connectivity index (χ4v) is 7.54. The van der Waals surface area contributed by atoms with Crippen molar-refractivity contribution in [3.63, 3.8) is 0 Å². The van der Waals surface area contributed by atoms with Gasteiger partial charge in [0.25, 0.3) is 11.4 Å². The van der Waals surface area contributed by atoms with E-state index in [0.29, 0.717) is 37.1 Å². The summed E-state index contributed by atoms with van der Waals surface area (Å²) in [5, 5.41) is 41.8. The maximum Gasteiger partial charge on any atom is 0.498 e. The first kappa shape index (κ1) is 66.3. The molecule has 11 N–H and O–H groups in total. The summed E-state index contributed by atoms with van der Waals surface area (Å²) in [6.07, 6.45) is 9.72. The van der Waals surface area contributed by atoms with Crippen LogP contribution in [-0.2, 0) is 9.31 Å². The number of anilines is 7. The van der Waals surface area contributed by atoms with E-state index in [0.717, 1.165) is 34.4 Å². The van der Waals surface area contributed by atoms with Crippen molar-refractivity contribution in [2.45, 2.75) is 118 Å². The van der Waals surface area contributed by atoms with Crippen molar-refractivity contribution in [2.75, 3.05) is 38.9 Å². The second-order valence-corrected chi connectivity index (χ2v) is 24.1. The molecular formula is C54H68BBr2FN16O8. The average molecular weight is 1260 g/mol. The number of nitrogen functional groups attached to an aromatic ring is 4. The van der Waals surface area contributed by atoms with Gasteiger partial charge in [-0.1, -0.05) is 44.0 Å². The van der Waals surface area contributed by atoms with Crippen molar-refractivity contribution >= 4 is 102 Å². The van der Waals surface area contributed by atoms with Gasteiger partial charge in [0.15, 0.2) is 0 Å². The van der Waals surface area contributed by atoms with Gasteiger partial charge in [-0.25, -0.2) is 29.9 Å². The molecule has 0 amide bonds. The molecule has 0 aliphatic carbocycles. The van der Waals surface area contributed by atoms with E-state index in [4.69, 9.17) is 32.2 Å². The van der Waals surface area contributed by atoms with E-state index in [2.05, 4.69) is 98.5 Å². The van der Waals surface area contributed by atoms with E-state index in [1.165, 1.54) is 30.6 Å². The molecule has 24 nitrogen and oxygen atoms in total. The van der Waals surface area contributed by atoms with Gasteiger partial charge in [-0.2, -0.15) is 4.39 Å². The summed E-state index contributed by atoms with van der Waals surface area (Å²) in [6.45, 7) is 26.0. The van der Waals surface area contributed by atoms with E-state index in [9.17, 15) is 34.7 Å². The Morgan fingerprint density at radius 2 is 0.817 bits per heavy atom. The van der Waals surface area contributed by atoms with Gasteiger partial charge in [0, 0.05) is 97.5 Å². The van der Waals surface area contributed by atoms with Gasteiger partial charge in [-0.15, -0.1) is 0 Å². The van der Waals surface area contributed by atoms with Gasteiger partial charge in [0.05, 0.1) is 37.3 Å². The topological polar surface area (TPSA) is 365 Å². The number of hydrogen-bond donors (Lipinski definition) is 7. The second-order valence-electron chi connectivity index (χ2n) is 22.3. The summed E-state index contributed by atoms with van der Waals surface area (Å²) in [5.41, 5.74) is 27.4. The largest absolute Gasteiger partial charge is 0.498 e. The third-order valence-electron chi connectivity index (χ3n) is 11.3. The van der Waals surface area contributed by atoms with Gasteiger partial charge >= 0.3 is 12.8 Å². The number of nitro groups is 3. The Bertz CT molecular complexity index is 3310. The van der Waals surface area contributed by atoms with Crippen LogP contribution in [-0.4, -0.2) is 79.6 Å². The number of nitro benzene ring substituents is 3. The fraction of sp³-hybridized carbons (Fsp3) is 0.333. The first-order valence-corrected chi connectivity index (χ1v) is 26.6. The van der Waals surface area contributed by atoms with Crippen molar-refractivity contribution in [3.8, 4) is 22.3 Å². The fourth-order valence-electron chi connectivity index (χ4n) is 6.85. The minimum Gasteiger partial charge on any atom is -0.399 e. The molecule has 0 atom stereocenters. The number of nitrogens with zero attached hydrogens (tertiary/aromatic N) is 9. The zero-order chi connectivity index (χ0) is 61.7. The maximum atomic E-state index is 12.6. The lowest BCUT2D eigenvalue weighted by atomic mass is 9.81. The zero-order valence-corrected chi connectivity index (χ0v) is 50.9. The Labute approximate surface area is 492 Å². The second kappa shape index (κ2) is 27.5. The van der Waals surface area contributed by atoms with Crippen molar-refractivity contribution in [2.24, 2.45) is 0 Å². The average Bonchev–Trinajstić information content (AvgIpc) is 3.91. The highest BCUT2D eigenvalue weighted by Crippen LogP contribution is 2.37. The van der Waals surface area contributed by atoms with Gasteiger partial charge in [0.2, 0.25) is 23.7 Å². The lowest BCUT2D eigenvalue weighted by Crippen LogP contribution is -2.41. The molecule has 0 bridgehead atoms. The first-order chi connectivity index (χ1) is 37.8. The summed E-state index contributed by atoms with van der Waals surface area (Å²) in [4.78, 5) is 54.2. The predicted molar refractivity (Wildman–Crippen MR) is 329 cm³/mol. The molecule has 82 heavy (non-hydrogen) atoms. The Hall–Kier alpha value is -8.21. The van der Waals surface area contributed by atoms with Crippen LogP contribution >= 0.6 is 31.9 Å². The molecule has 436 valence electrons. The van der Waals surface area contributed by atoms with Crippen LogP contribution in [0.5, 0.6) is 0 Å². The Morgan fingerprint density at radius 1 is 0.488 bits per heavy atom. The number of benzene rings is 4. The molecule has 8 rings (SSSR count). The number of hydrogen-bond acceptors (Lipinski definition) is 21. The number of rotatable bonds is 9. The van der Waals surface area contributed by atoms with E-state index in [1.807, 2.05) is 87.4 Å². The predicted octanol–water partition coefficient (Wildman–Crippen LogP) is 11.8. The molecule has 4 aromatic carbocycles. The molecular weight excluding hydrogens is 1190 g/mol. The van der Waals surface area contributed by atoms with Crippen LogP contribution < -0.4 is 44.3 Å². The van der Waals surface area contributed by atoms with Crippen LogP contribution in [0.3, 0.4) is 0 Å². The minimum absolute atomic E-state index is 0.0132. The lowest BCUT2D eigenvalue weighted by Gasteiger charge is -2.32. The van der Waals surface area contributed by atoms with Crippen molar-refractivity contribution in [1.29, 1.82) is 0 Å². The van der Waals surface area contributed by atoms with Gasteiger partial charge < -0.3 is 48.2 Å². The maximum absolute atomic E-state index is 12.6. The summed E-state index contributed by atoms with van der Waals surface area (Å²) in [5.74, 6) is -0.138. The molecule has 0 radical (unpaired) electrons. The smallest absolute Gasteiger partial charge is 0.399 e. The molecule has 7 aromatic rings. The van der Waals surface area contributed by atoms with Crippen molar-refractivity contribution in [1.82, 2.24) is 29.9 Å². The number of halogens is 3. The normalized spacial score (nSPS) is 13.2. The third kappa shape index (κ3) is 20.7. The van der Waals surface area contributed by atoms with Crippen LogP contribution in [0.25, 0.3) is 22.3 Å². The van der Waals surface area contributed by atoms with E-state index < -0.39 is 33.4 Å². The first-order valence-electron chi connectivity index (χ1n) is 25.0. The van der Waals surface area contributed by atoms with Crippen LogP contribution in [0, 0.1) is 36.2 Å². The van der Waals surface area contributed by atoms with Crippen molar-refractivity contribution in [3.05, 3.63) is 155 Å². The van der Waals surface area contributed by atoms with Gasteiger partial charge in [0.1, 0.15) is 11.4 Å². The molecule has 1 aliphatic heterocycles. The van der Waals surface area contributed by atoms with E-state index >= 15 is 0 Å². The molecule has 0 spiro atoms. The SMILES string of the molecule is CC(C)(C)Nc1ccc(-c2cnc(N)nc2)cc1N.CC(C)(C)Nc1ccc(-c2cnc(N)nc2)cc1[N+](=O)[O-].CC(C)(C)Nc1ccc(Br)cc1[N+](=O)[O-].CC1(C)OB(c2cnc(N)nc2)OC1(C)C.O=[N+]([O-])c1cc(Br)ccc1F. The van der Waals surface area contributed by atoms with Crippen LogP contribution in [0.15, 0.2) is 119 Å². The zero-order valence-electron chi connectivity index (χ0n) is 47.7. The minimum atomic E-state index is -0.821. The quantitative estimate of drug-likeness (QED) is 0.0305. The number of nitrogens with one attached hydrogen (secondary N) is 3. The van der Waals surface area contributed by atoms with Gasteiger partial charge in [-0.05, 0) is 144 Å². The molecule has 1 fully saturated rings. The Balaban J connectivity index is 0.000000223. The Morgan fingerprint density at radius 3 is 1.20 bits per heavy atom. The number of aromatic nitrogens is 6. The molecule has 0 saturated carbocycles. The highest BCUT2D eigenvalue weighted by molar-refractivity contribution is 9.10. The van der Waals surface area contributed by atoms with Crippen LogP contribution in [0.2, 0.25) is 0 Å². The summed E-state index contributed by atoms with van der Waals surface area (Å²) in [7, 11) is -0.425. The molecule has 1 aliphatic rings. The number of nitrogens with two attached hydrogens (primary N) is 4. The monoisotopic (exact) mass is 1260 g/mol. The highest BCUT2D eigenvalue weighted by Gasteiger charge is 2.52. The highest BCUT2D eigenvalue weighted by atomic mass is 79.9. The molecule has 3 aromatic heterocycles. The summed E-state index contributed by atoms with van der Waals surface area (Å²) in [6, 6.07) is 19.4. The van der Waals surface area contributed by atoms with E-state index in [-0.39, 0.29) is 57.0 Å². The van der Waals surface area contributed by atoms with Crippen molar-refractivity contribution < 1.29 is 28.5 Å². The molecule has 4 heterocycles. The summed E-state index contributed by atoms with van der Waals surface area (Å²) < 4.78 is 25.4. The Kier molecular flexibility index (Phi) is 22.2. The standard InChI is InChI=1S/C14H17N5O2.C14H19N5.C10H16BN3O2.C10H13BrN2O2.C6H3BrFNO2/c1-14(2,3)18-11-5-4-9(6-12(11)19(20)21)10-7-16-13(15)17-8-10;1-14(2,3)19-12-5-4-9(6-11(12)15)10-7-17-13(16)18-8-10;1-9(2)10(3,4)16-11(15-9)7-5-13-8(12)14-6-7;1-10(2,3)12-8-5-4-7(11)6-9(8)13(14)15;7-4-1-2-5(8)6(3-4)9(10)11/h4-8,18H,1-3H3,(H2,15,16,17);4-8,19H,15H2,1-3H3,(H2,16,17,18);5-6H,1-4H3,(H2,12,13,14);4-6,12H,1-3H3;1-3H. The molecule has 0 unspecified atom stereocenters. The lowest BCUT2D eigenvalue weighted by molar-refractivity contribution is -0.387. The van der Waals surface area contributed by atoms with Crippen LogP contribution in [0.4, 0.5) is 62.0 Å².